The smallest absolute Gasteiger partial charge is 0.227 e. The Morgan fingerprint density at radius 1 is 1.22 bits per heavy atom. The van der Waals surface area contributed by atoms with Crippen LogP contribution in [0.1, 0.15) is 12.0 Å². The van der Waals surface area contributed by atoms with Gasteiger partial charge in [-0.05, 0) is 18.6 Å². The molecule has 2 aliphatic rings. The fourth-order valence-corrected chi connectivity index (χ4v) is 5.11. The maximum atomic E-state index is 12.1. The number of hydrogen-bond donors (Lipinski definition) is 0. The largest absolute Gasteiger partial charge is 0.308 e. The topological polar surface area (TPSA) is 54.5 Å². The fourth-order valence-electron chi connectivity index (χ4n) is 3.04. The highest BCUT2D eigenvalue weighted by atomic mass is 32.2. The summed E-state index contributed by atoms with van der Waals surface area (Å²) in [5.41, 5.74) is 1.86. The molecular weight excluding hydrogens is 250 g/mol. The molecule has 0 aromatic heterocycles. The molecule has 2 fully saturated rings. The third-order valence-electron chi connectivity index (χ3n) is 3.85. The molecule has 3 rings (SSSR count). The Balaban J connectivity index is 2.02. The highest BCUT2D eigenvalue weighted by Crippen LogP contribution is 2.38. The molecule has 0 bridgehead atoms. The number of para-hydroxylation sites is 1. The number of anilines is 1. The van der Waals surface area contributed by atoms with E-state index in [9.17, 15) is 13.2 Å². The lowest BCUT2D eigenvalue weighted by Crippen LogP contribution is -2.36. The third kappa shape index (κ3) is 1.73. The van der Waals surface area contributed by atoms with Crippen LogP contribution in [0.5, 0.6) is 0 Å². The SMILES string of the molecule is Cc1ccccc1N1C(=O)C[C@@H]2CS(=O)(=O)C[C@@H]21. The summed E-state index contributed by atoms with van der Waals surface area (Å²) < 4.78 is 23.3. The van der Waals surface area contributed by atoms with Crippen molar-refractivity contribution in [3.63, 3.8) is 0 Å². The van der Waals surface area contributed by atoms with E-state index in [0.29, 0.717) is 6.42 Å². The molecule has 0 aliphatic carbocycles. The molecule has 0 N–H and O–H groups in total. The number of carbonyl (C=O) groups excluding carboxylic acids is 1. The monoisotopic (exact) mass is 265 g/mol. The lowest BCUT2D eigenvalue weighted by atomic mass is 10.0. The molecule has 2 atom stereocenters. The van der Waals surface area contributed by atoms with Gasteiger partial charge < -0.3 is 4.90 Å². The van der Waals surface area contributed by atoms with E-state index in [1.165, 1.54) is 0 Å². The Labute approximate surface area is 107 Å². The van der Waals surface area contributed by atoms with Gasteiger partial charge in [-0.3, -0.25) is 4.79 Å². The second-order valence-electron chi connectivity index (χ2n) is 5.16. The number of rotatable bonds is 1. The highest BCUT2D eigenvalue weighted by molar-refractivity contribution is 7.91. The molecule has 1 amide bonds. The van der Waals surface area contributed by atoms with Gasteiger partial charge in [-0.25, -0.2) is 8.42 Å². The van der Waals surface area contributed by atoms with Crippen molar-refractivity contribution < 1.29 is 13.2 Å². The number of aryl methyl sites for hydroxylation is 1. The molecule has 2 saturated heterocycles. The van der Waals surface area contributed by atoms with Gasteiger partial charge in [0.05, 0.1) is 17.5 Å². The average Bonchev–Trinajstić information content (AvgIpc) is 2.70. The van der Waals surface area contributed by atoms with Crippen molar-refractivity contribution in [2.24, 2.45) is 5.92 Å². The van der Waals surface area contributed by atoms with Crippen molar-refractivity contribution in [1.29, 1.82) is 0 Å². The number of hydrogen-bond acceptors (Lipinski definition) is 3. The standard InChI is InChI=1S/C13H15NO3S/c1-9-4-2-3-5-11(9)14-12-8-18(16,17)7-10(12)6-13(14)15/h2-5,10,12H,6-8H2,1H3/t10-,12+/m1/s1. The molecule has 2 aliphatic heterocycles. The Morgan fingerprint density at radius 3 is 2.67 bits per heavy atom. The van der Waals surface area contributed by atoms with Crippen molar-refractivity contribution in [3.8, 4) is 0 Å². The number of sulfone groups is 1. The van der Waals surface area contributed by atoms with Gasteiger partial charge in [-0.2, -0.15) is 0 Å². The van der Waals surface area contributed by atoms with Crippen LogP contribution in [-0.4, -0.2) is 31.9 Å². The molecule has 0 saturated carbocycles. The van der Waals surface area contributed by atoms with E-state index in [0.717, 1.165) is 11.3 Å². The van der Waals surface area contributed by atoms with E-state index in [1.54, 1.807) is 4.90 Å². The summed E-state index contributed by atoms with van der Waals surface area (Å²) in [4.78, 5) is 13.8. The van der Waals surface area contributed by atoms with Gasteiger partial charge in [0, 0.05) is 18.0 Å². The number of fused-ring (bicyclic) bond motifs is 1. The van der Waals surface area contributed by atoms with Crippen LogP contribution >= 0.6 is 0 Å². The van der Waals surface area contributed by atoms with Gasteiger partial charge in [0.2, 0.25) is 5.91 Å². The lowest BCUT2D eigenvalue weighted by molar-refractivity contribution is -0.117. The van der Waals surface area contributed by atoms with Crippen LogP contribution in [0.15, 0.2) is 24.3 Å². The van der Waals surface area contributed by atoms with E-state index >= 15 is 0 Å². The molecule has 96 valence electrons. The zero-order chi connectivity index (χ0) is 12.9. The van der Waals surface area contributed by atoms with Crippen LogP contribution in [0.4, 0.5) is 5.69 Å². The summed E-state index contributed by atoms with van der Waals surface area (Å²) >= 11 is 0. The first-order valence-corrected chi connectivity index (χ1v) is 7.88. The summed E-state index contributed by atoms with van der Waals surface area (Å²) in [6.45, 7) is 1.94. The zero-order valence-corrected chi connectivity index (χ0v) is 11.0. The van der Waals surface area contributed by atoms with E-state index < -0.39 is 9.84 Å². The van der Waals surface area contributed by atoms with Crippen LogP contribution < -0.4 is 4.90 Å². The van der Waals surface area contributed by atoms with Crippen LogP contribution in [-0.2, 0) is 14.6 Å². The second kappa shape index (κ2) is 3.82. The van der Waals surface area contributed by atoms with Gasteiger partial charge in [0.15, 0.2) is 9.84 Å². The third-order valence-corrected chi connectivity index (χ3v) is 5.63. The molecule has 1 aromatic carbocycles. The first-order chi connectivity index (χ1) is 8.48. The van der Waals surface area contributed by atoms with Crippen LogP contribution in [0.3, 0.4) is 0 Å². The van der Waals surface area contributed by atoms with Crippen molar-refractivity contribution >= 4 is 21.4 Å². The zero-order valence-electron chi connectivity index (χ0n) is 10.2. The Hall–Kier alpha value is -1.36. The average molecular weight is 265 g/mol. The quantitative estimate of drug-likeness (QED) is 0.765. The van der Waals surface area contributed by atoms with Crippen LogP contribution in [0, 0.1) is 12.8 Å². The predicted octanol–water partition coefficient (Wildman–Crippen LogP) is 1.14. The first-order valence-electron chi connectivity index (χ1n) is 6.06. The molecule has 18 heavy (non-hydrogen) atoms. The summed E-state index contributed by atoms with van der Waals surface area (Å²) in [5.74, 6) is 0.292. The molecule has 2 heterocycles. The number of amides is 1. The van der Waals surface area contributed by atoms with Gasteiger partial charge in [-0.1, -0.05) is 18.2 Å². The summed E-state index contributed by atoms with van der Waals surface area (Å²) in [5, 5.41) is 0. The minimum atomic E-state index is -2.98. The molecule has 5 heteroatoms. The number of nitrogens with zero attached hydrogens (tertiary/aromatic N) is 1. The lowest BCUT2D eigenvalue weighted by Gasteiger charge is -2.24. The Morgan fingerprint density at radius 2 is 1.94 bits per heavy atom. The summed E-state index contributed by atoms with van der Waals surface area (Å²) in [6.07, 6.45) is 0.359. The predicted molar refractivity (Wildman–Crippen MR) is 69.2 cm³/mol. The van der Waals surface area contributed by atoms with Crippen molar-refractivity contribution in [2.45, 2.75) is 19.4 Å². The first kappa shape index (κ1) is 11.7. The number of carbonyl (C=O) groups is 1. The number of benzene rings is 1. The van der Waals surface area contributed by atoms with Crippen LogP contribution in [0.25, 0.3) is 0 Å². The molecule has 0 unspecified atom stereocenters. The highest BCUT2D eigenvalue weighted by Gasteiger charge is 2.49. The van der Waals surface area contributed by atoms with E-state index in [1.807, 2.05) is 31.2 Å². The molecule has 4 nitrogen and oxygen atoms in total. The molecule has 0 radical (unpaired) electrons. The maximum absolute atomic E-state index is 12.1. The van der Waals surface area contributed by atoms with Gasteiger partial charge in [0.1, 0.15) is 0 Å². The normalized spacial score (nSPS) is 29.6. The minimum absolute atomic E-state index is 0.0258. The summed E-state index contributed by atoms with van der Waals surface area (Å²) in [7, 11) is -2.98. The Kier molecular flexibility index (Phi) is 2.48. The van der Waals surface area contributed by atoms with Crippen molar-refractivity contribution in [1.82, 2.24) is 0 Å². The fraction of sp³-hybridized carbons (Fsp3) is 0.462. The minimum Gasteiger partial charge on any atom is -0.308 e. The molecule has 0 spiro atoms. The van der Waals surface area contributed by atoms with Crippen molar-refractivity contribution in [2.75, 3.05) is 16.4 Å². The second-order valence-corrected chi connectivity index (χ2v) is 7.31. The summed E-state index contributed by atoms with van der Waals surface area (Å²) in [6, 6.07) is 7.47. The molecule has 1 aromatic rings. The van der Waals surface area contributed by atoms with E-state index in [-0.39, 0.29) is 29.4 Å². The molecular formula is C13H15NO3S. The van der Waals surface area contributed by atoms with E-state index in [2.05, 4.69) is 0 Å². The van der Waals surface area contributed by atoms with Gasteiger partial charge in [-0.15, -0.1) is 0 Å². The Bertz CT molecular complexity index is 608. The van der Waals surface area contributed by atoms with Gasteiger partial charge in [0.25, 0.3) is 0 Å². The maximum Gasteiger partial charge on any atom is 0.227 e. The van der Waals surface area contributed by atoms with Gasteiger partial charge >= 0.3 is 0 Å². The van der Waals surface area contributed by atoms with Crippen molar-refractivity contribution in [3.05, 3.63) is 29.8 Å². The van der Waals surface area contributed by atoms with E-state index in [4.69, 9.17) is 0 Å². The van der Waals surface area contributed by atoms with Crippen LogP contribution in [0.2, 0.25) is 0 Å².